The number of hydrogen-bond acceptors (Lipinski definition) is 5. The molecule has 1 amide bonds. The number of carbonyl (C=O) groups excluding carboxylic acids is 1. The molecule has 0 bridgehead atoms. The summed E-state index contributed by atoms with van der Waals surface area (Å²) in [6.07, 6.45) is 3.19. The topological polar surface area (TPSA) is 90.5 Å². The second kappa shape index (κ2) is 6.07. The van der Waals surface area contributed by atoms with Crippen molar-refractivity contribution < 1.29 is 14.5 Å². The summed E-state index contributed by atoms with van der Waals surface area (Å²) >= 11 is 0. The Bertz CT molecular complexity index is 741. The lowest BCUT2D eigenvalue weighted by Gasteiger charge is -2.30. The average molecular weight is 316 g/mol. The summed E-state index contributed by atoms with van der Waals surface area (Å²) in [6, 6.07) is 6.99. The van der Waals surface area contributed by atoms with Crippen molar-refractivity contribution in [3.63, 3.8) is 0 Å². The van der Waals surface area contributed by atoms with Gasteiger partial charge in [0, 0.05) is 6.54 Å². The summed E-state index contributed by atoms with van der Waals surface area (Å²) in [5.41, 5.74) is 1.85. The van der Waals surface area contributed by atoms with Crippen LogP contribution >= 0.6 is 0 Å². The number of para-hydroxylation sites is 1. The first kappa shape index (κ1) is 15.0. The molecule has 0 saturated heterocycles. The number of rotatable bonds is 4. The fourth-order valence-corrected chi connectivity index (χ4v) is 2.79. The second-order valence-electron chi connectivity index (χ2n) is 5.25. The molecule has 3 rings (SSSR count). The number of nitrogens with zero attached hydrogens (tertiary/aromatic N) is 4. The van der Waals surface area contributed by atoms with Gasteiger partial charge in [0.15, 0.2) is 0 Å². The molecule has 1 aliphatic rings. The van der Waals surface area contributed by atoms with Crippen molar-refractivity contribution in [1.29, 1.82) is 0 Å². The summed E-state index contributed by atoms with van der Waals surface area (Å²) in [5, 5.41) is 14.4. The maximum absolute atomic E-state index is 12.6. The summed E-state index contributed by atoms with van der Waals surface area (Å²) in [5.74, 6) is 0.213. The Kier molecular flexibility index (Phi) is 3.96. The van der Waals surface area contributed by atoms with Gasteiger partial charge in [0.1, 0.15) is 12.3 Å². The quantitative estimate of drug-likeness (QED) is 0.633. The van der Waals surface area contributed by atoms with E-state index < -0.39 is 4.92 Å². The van der Waals surface area contributed by atoms with Crippen LogP contribution in [0.5, 0.6) is 5.75 Å². The third kappa shape index (κ3) is 2.87. The van der Waals surface area contributed by atoms with Gasteiger partial charge in [-0.05, 0) is 29.4 Å². The van der Waals surface area contributed by atoms with E-state index in [0.29, 0.717) is 12.3 Å². The minimum atomic E-state index is -0.583. The molecule has 0 radical (unpaired) electrons. The molecular formula is C15H16N4O4. The Labute approximate surface area is 132 Å². The zero-order valence-electron chi connectivity index (χ0n) is 12.6. The van der Waals surface area contributed by atoms with Gasteiger partial charge in [0.25, 0.3) is 5.91 Å². The smallest absolute Gasteiger partial charge is 0.389 e. The molecule has 0 fully saturated rings. The van der Waals surface area contributed by atoms with E-state index >= 15 is 0 Å². The van der Waals surface area contributed by atoms with Crippen molar-refractivity contribution in [3.8, 4) is 5.75 Å². The lowest BCUT2D eigenvalue weighted by Crippen LogP contribution is -2.38. The number of aryl methyl sites for hydroxylation is 1. The first-order chi connectivity index (χ1) is 11.1. The Morgan fingerprint density at radius 2 is 2.26 bits per heavy atom. The number of carbonyl (C=O) groups is 1. The highest BCUT2D eigenvalue weighted by atomic mass is 16.6. The molecule has 2 heterocycles. The molecule has 23 heavy (non-hydrogen) atoms. The molecule has 0 saturated carbocycles. The van der Waals surface area contributed by atoms with Crippen molar-refractivity contribution in [2.75, 3.05) is 18.6 Å². The third-order valence-corrected chi connectivity index (χ3v) is 3.81. The Hall–Kier alpha value is -2.90. The predicted octanol–water partition coefficient (Wildman–Crippen LogP) is 1.78. The number of benzene rings is 1. The number of aromatic nitrogens is 2. The van der Waals surface area contributed by atoms with Crippen LogP contribution in [0.2, 0.25) is 0 Å². The molecule has 0 unspecified atom stereocenters. The van der Waals surface area contributed by atoms with Gasteiger partial charge in [-0.3, -0.25) is 4.79 Å². The van der Waals surface area contributed by atoms with Crippen LogP contribution in [0.15, 0.2) is 30.5 Å². The number of ether oxygens (including phenoxy) is 1. The Morgan fingerprint density at radius 1 is 1.43 bits per heavy atom. The summed E-state index contributed by atoms with van der Waals surface area (Å²) in [4.78, 5) is 24.4. The second-order valence-corrected chi connectivity index (χ2v) is 5.25. The number of hydrogen-bond donors (Lipinski definition) is 0. The molecule has 1 aromatic carbocycles. The number of methoxy groups -OCH3 is 1. The van der Waals surface area contributed by atoms with Gasteiger partial charge in [-0.1, -0.05) is 12.1 Å². The largest absolute Gasteiger partial charge is 0.495 e. The van der Waals surface area contributed by atoms with Crippen molar-refractivity contribution in [2.24, 2.45) is 0 Å². The molecule has 0 atom stereocenters. The predicted molar refractivity (Wildman–Crippen MR) is 82.5 cm³/mol. The van der Waals surface area contributed by atoms with E-state index in [2.05, 4.69) is 5.10 Å². The van der Waals surface area contributed by atoms with E-state index in [1.54, 1.807) is 12.0 Å². The Balaban J connectivity index is 1.85. The van der Waals surface area contributed by atoms with Crippen LogP contribution in [0.1, 0.15) is 12.0 Å². The van der Waals surface area contributed by atoms with Crippen LogP contribution in [0, 0.1) is 10.1 Å². The highest BCUT2D eigenvalue weighted by Gasteiger charge is 2.27. The minimum Gasteiger partial charge on any atom is -0.495 e. The fourth-order valence-electron chi connectivity index (χ4n) is 2.79. The maximum Gasteiger partial charge on any atom is 0.389 e. The summed E-state index contributed by atoms with van der Waals surface area (Å²) in [6.45, 7) is 0.543. The molecule has 8 heteroatoms. The highest BCUT2D eigenvalue weighted by Crippen LogP contribution is 2.36. The zero-order valence-corrected chi connectivity index (χ0v) is 12.6. The number of anilines is 1. The lowest BCUT2D eigenvalue weighted by atomic mass is 10.0. The zero-order chi connectivity index (χ0) is 16.4. The molecule has 1 aromatic heterocycles. The van der Waals surface area contributed by atoms with Crippen LogP contribution in [0.4, 0.5) is 11.5 Å². The van der Waals surface area contributed by atoms with E-state index in [1.807, 2.05) is 18.2 Å². The molecule has 0 aliphatic carbocycles. The van der Waals surface area contributed by atoms with Crippen molar-refractivity contribution >= 4 is 17.4 Å². The van der Waals surface area contributed by atoms with Gasteiger partial charge in [0.2, 0.25) is 0 Å². The first-order valence-electron chi connectivity index (χ1n) is 7.24. The summed E-state index contributed by atoms with van der Waals surface area (Å²) < 4.78 is 6.66. The molecule has 0 spiro atoms. The highest BCUT2D eigenvalue weighted by molar-refractivity contribution is 5.96. The first-order valence-corrected chi connectivity index (χ1v) is 7.24. The normalized spacial score (nSPS) is 13.5. The Morgan fingerprint density at radius 3 is 2.96 bits per heavy atom. The summed E-state index contributed by atoms with van der Waals surface area (Å²) in [7, 11) is 1.57. The van der Waals surface area contributed by atoms with E-state index in [0.717, 1.165) is 24.1 Å². The van der Waals surface area contributed by atoms with Crippen LogP contribution in [0.25, 0.3) is 0 Å². The standard InChI is InChI=1S/C15H16N4O4/c1-23-12-6-2-4-11-5-3-8-18(15(11)12)14(20)10-17-9-7-13(16-17)19(21)22/h2,4,6-7,9H,3,5,8,10H2,1H3. The maximum atomic E-state index is 12.6. The van der Waals surface area contributed by atoms with Crippen molar-refractivity contribution in [1.82, 2.24) is 9.78 Å². The van der Waals surface area contributed by atoms with Gasteiger partial charge in [0.05, 0.1) is 30.2 Å². The minimum absolute atomic E-state index is 0.0503. The third-order valence-electron chi connectivity index (χ3n) is 3.81. The molecular weight excluding hydrogens is 300 g/mol. The number of fused-ring (bicyclic) bond motifs is 1. The van der Waals surface area contributed by atoms with Gasteiger partial charge in [-0.2, -0.15) is 4.68 Å². The van der Waals surface area contributed by atoms with Gasteiger partial charge >= 0.3 is 5.82 Å². The van der Waals surface area contributed by atoms with Gasteiger partial charge in [-0.15, -0.1) is 0 Å². The monoisotopic (exact) mass is 316 g/mol. The van der Waals surface area contributed by atoms with Crippen LogP contribution in [-0.2, 0) is 17.8 Å². The van der Waals surface area contributed by atoms with E-state index in [-0.39, 0.29) is 18.3 Å². The number of amides is 1. The van der Waals surface area contributed by atoms with E-state index in [1.165, 1.54) is 16.9 Å². The lowest BCUT2D eigenvalue weighted by molar-refractivity contribution is -0.389. The van der Waals surface area contributed by atoms with Crippen LogP contribution < -0.4 is 9.64 Å². The SMILES string of the molecule is COc1cccc2c1N(C(=O)Cn1ccc([N+](=O)[O-])n1)CCC2. The van der Waals surface area contributed by atoms with E-state index in [9.17, 15) is 14.9 Å². The number of nitro groups is 1. The molecule has 8 nitrogen and oxygen atoms in total. The molecule has 120 valence electrons. The van der Waals surface area contributed by atoms with Crippen LogP contribution in [-0.4, -0.2) is 34.3 Å². The molecule has 2 aromatic rings. The average Bonchev–Trinajstić information content (AvgIpc) is 3.02. The molecule has 1 aliphatic heterocycles. The van der Waals surface area contributed by atoms with Crippen molar-refractivity contribution in [2.45, 2.75) is 19.4 Å². The fraction of sp³-hybridized carbons (Fsp3) is 0.333. The van der Waals surface area contributed by atoms with Gasteiger partial charge < -0.3 is 19.8 Å². The van der Waals surface area contributed by atoms with Crippen molar-refractivity contribution in [3.05, 3.63) is 46.1 Å². The van der Waals surface area contributed by atoms with Crippen LogP contribution in [0.3, 0.4) is 0 Å². The van der Waals surface area contributed by atoms with Gasteiger partial charge in [-0.25, -0.2) is 0 Å². The van der Waals surface area contributed by atoms with E-state index in [4.69, 9.17) is 4.74 Å². The molecule has 0 N–H and O–H groups in total.